The molecule has 4 bridgehead atoms. The summed E-state index contributed by atoms with van der Waals surface area (Å²) in [6.45, 7) is 24.0. The Bertz CT molecular complexity index is 2370. The van der Waals surface area contributed by atoms with E-state index >= 15 is 0 Å². The minimum Gasteiger partial charge on any atom is -0.724 e. The number of nitrogens with two attached hydrogens (primary N) is 1. The first kappa shape index (κ1) is 59.0. The van der Waals surface area contributed by atoms with Crippen LogP contribution in [0.25, 0.3) is 0 Å². The molecule has 0 radical (unpaired) electrons. The van der Waals surface area contributed by atoms with Crippen LogP contribution in [-0.4, -0.2) is 170 Å². The lowest BCUT2D eigenvalue weighted by Crippen LogP contribution is -2.50. The van der Waals surface area contributed by atoms with Gasteiger partial charge in [0.15, 0.2) is 0 Å². The van der Waals surface area contributed by atoms with Crippen LogP contribution in [-0.2, 0) is 34.1 Å². The second-order valence-corrected chi connectivity index (χ2v) is 23.5. The van der Waals surface area contributed by atoms with E-state index in [4.69, 9.17) is 23.9 Å². The van der Waals surface area contributed by atoms with E-state index in [0.29, 0.717) is 67.6 Å². The number of nitrogens with zero attached hydrogens (tertiary/aromatic N) is 10. The molecule has 420 valence electrons. The number of hydrogen-bond acceptors (Lipinski definition) is 19. The van der Waals surface area contributed by atoms with Gasteiger partial charge in [0.05, 0.1) is 44.3 Å². The Morgan fingerprint density at radius 3 is 1.59 bits per heavy atom. The number of unbranched alkanes of at least 4 members (excludes halogenated alkanes) is 4. The molecule has 0 saturated carbocycles. The fourth-order valence-corrected chi connectivity index (χ4v) is 11.4. The molecular weight excluding hydrogens is 1010 g/mol. The van der Waals surface area contributed by atoms with E-state index in [0.717, 1.165) is 0 Å². The highest BCUT2D eigenvalue weighted by atomic mass is 32.3. The van der Waals surface area contributed by atoms with E-state index in [9.17, 15) is 35.8 Å². The molecule has 6 saturated heterocycles. The largest absolute Gasteiger partial charge is 0.724 e. The molecule has 4 N–H and O–H groups in total. The number of carbonyl (C=O) groups is 3. The fourth-order valence-electron chi connectivity index (χ4n) is 10.6. The van der Waals surface area contributed by atoms with E-state index in [2.05, 4.69) is 62.0 Å². The Morgan fingerprint density at radius 2 is 1.18 bits per heavy atom. The van der Waals surface area contributed by atoms with Crippen LogP contribution in [0.4, 0.5) is 14.4 Å². The standard InChI is InChI=1S/C18H27N5O8S.C16H36N.C12H18N6O6S/c1-10-7-13(22(8-10)17(25)30-18(2,3)4)15-20-19-14(29-15)12-6-5-11-9-21(12)16(24)23(11)31-32(26,27)28;1-5-9-13-17(14-10-6-2,15-11-7-3)16-12-8-4;13-6-3-8(14-4-6)10-15-16-11(23-10)9-2-1-7-5-17(9)12(19)18(7)24-25(20,21)22/h10-13H,5-9H2,1-4H3,(H,26,27,28);5-16H2,1-4H3;6-9,14H,1-5,13H2,(H,20,21,22)/q;+1;/p-1/t10-,11+,12-,13+;;6-,7+,8+,9-/m0.0/s1. The average molecular weight is 1090 g/mol. The second-order valence-electron chi connectivity index (χ2n) is 21.6. The lowest BCUT2D eigenvalue weighted by Gasteiger charge is -2.39. The molecule has 26 nitrogen and oxygen atoms in total. The van der Waals surface area contributed by atoms with Gasteiger partial charge in [0.1, 0.15) is 23.7 Å². The summed E-state index contributed by atoms with van der Waals surface area (Å²) in [6, 6.07) is -3.99. The lowest BCUT2D eigenvalue weighted by molar-refractivity contribution is -0.929. The summed E-state index contributed by atoms with van der Waals surface area (Å²) in [4.78, 5) is 42.0. The zero-order valence-electron chi connectivity index (χ0n) is 44.3. The Labute approximate surface area is 435 Å². The first-order chi connectivity index (χ1) is 34.9. The van der Waals surface area contributed by atoms with Crippen molar-refractivity contribution in [2.75, 3.05) is 52.4 Å². The Morgan fingerprint density at radius 1 is 0.730 bits per heavy atom. The number of urea groups is 2. The van der Waals surface area contributed by atoms with Gasteiger partial charge in [0.25, 0.3) is 0 Å². The molecule has 0 spiro atoms. The molecule has 2 aromatic rings. The molecule has 2 aromatic heterocycles. The Balaban J connectivity index is 0.000000190. The highest BCUT2D eigenvalue weighted by Crippen LogP contribution is 2.42. The monoisotopic (exact) mass is 1090 g/mol. The summed E-state index contributed by atoms with van der Waals surface area (Å²) in [5, 5.41) is 20.8. The summed E-state index contributed by atoms with van der Waals surface area (Å²) in [7, 11) is -9.84. The minimum absolute atomic E-state index is 0.0297. The molecule has 0 aromatic carbocycles. The molecule has 0 aliphatic carbocycles. The minimum atomic E-state index is -5.07. The van der Waals surface area contributed by atoms with E-state index < -0.39 is 74.8 Å². The maximum absolute atomic E-state index is 12.7. The predicted molar refractivity (Wildman–Crippen MR) is 264 cm³/mol. The Kier molecular flexibility index (Phi) is 20.1. The van der Waals surface area contributed by atoms with Crippen LogP contribution in [0, 0.1) is 5.92 Å². The molecular formula is C46H80N12O14S2. The highest BCUT2D eigenvalue weighted by molar-refractivity contribution is 7.81. The zero-order chi connectivity index (χ0) is 54.2. The number of ether oxygens (including phenoxy) is 1. The number of amides is 5. The van der Waals surface area contributed by atoms with Crippen molar-refractivity contribution in [1.29, 1.82) is 0 Å². The number of nitrogens with one attached hydrogen (secondary N) is 1. The quantitative estimate of drug-likeness (QED) is 0.0797. The van der Waals surface area contributed by atoms with Crippen LogP contribution in [0.3, 0.4) is 0 Å². The topological polar surface area (TPSA) is 323 Å². The van der Waals surface area contributed by atoms with E-state index in [1.165, 1.54) is 91.8 Å². The number of piperidine rings is 2. The lowest BCUT2D eigenvalue weighted by atomic mass is 10.0. The van der Waals surface area contributed by atoms with Crippen molar-refractivity contribution in [3.05, 3.63) is 23.6 Å². The first-order valence-corrected chi connectivity index (χ1v) is 29.1. The van der Waals surface area contributed by atoms with Gasteiger partial charge in [-0.15, -0.1) is 24.7 Å². The highest BCUT2D eigenvalue weighted by Gasteiger charge is 2.51. The Hall–Kier alpha value is -4.29. The molecule has 5 amide bonds. The number of carbonyl (C=O) groups excluding carboxylic acids is 3. The summed E-state index contributed by atoms with van der Waals surface area (Å²) in [6.07, 6.45) is 13.7. The summed E-state index contributed by atoms with van der Waals surface area (Å²) in [5.74, 6) is 1.35. The molecule has 0 unspecified atom stereocenters. The van der Waals surface area contributed by atoms with Gasteiger partial charge in [0, 0.05) is 32.2 Å². The third-order valence-corrected chi connectivity index (χ3v) is 15.0. The van der Waals surface area contributed by atoms with Gasteiger partial charge in [-0.2, -0.15) is 22.8 Å². The van der Waals surface area contributed by atoms with Crippen LogP contribution in [0.2, 0.25) is 0 Å². The number of aromatic nitrogens is 4. The van der Waals surface area contributed by atoms with Gasteiger partial charge >= 0.3 is 28.6 Å². The maximum Gasteiger partial charge on any atom is 0.418 e. The number of rotatable bonds is 20. The second kappa shape index (κ2) is 25.2. The average Bonchev–Trinajstić information content (AvgIpc) is 4.22. The molecule has 74 heavy (non-hydrogen) atoms. The van der Waals surface area contributed by atoms with Gasteiger partial charge in [-0.3, -0.25) is 9.45 Å². The SMILES string of the molecule is CCCC[N+](CCCC)(CCCC)CCCC.C[C@H]1C[C@H](c2nnc([C@@H]3CC[C@@H]4CN3C(=O)N4OS(=O)(=O)[O-])o2)N(C(=O)OC(C)(C)C)C1.N[C@@H]1CN[C@@H](c2nnc([C@@H]3CC[C@@H]4CN3C(=O)N4OS(=O)(=O)O)o2)C1. The van der Waals surface area contributed by atoms with Crippen LogP contribution in [0.1, 0.15) is 193 Å². The van der Waals surface area contributed by atoms with Crippen molar-refractivity contribution >= 4 is 39.0 Å². The third kappa shape index (κ3) is 15.4. The van der Waals surface area contributed by atoms with Crippen molar-refractivity contribution < 1.29 is 66.9 Å². The normalized spacial score (nSPS) is 26.1. The first-order valence-electron chi connectivity index (χ1n) is 26.4. The van der Waals surface area contributed by atoms with Gasteiger partial charge in [-0.05, 0) is 90.9 Å². The summed E-state index contributed by atoms with van der Waals surface area (Å²) in [5.41, 5.74) is 5.21. The molecule has 8 atom stereocenters. The summed E-state index contributed by atoms with van der Waals surface area (Å²) >= 11 is 0. The van der Waals surface area contributed by atoms with Crippen LogP contribution >= 0.6 is 0 Å². The van der Waals surface area contributed by atoms with Gasteiger partial charge < -0.3 is 43.5 Å². The van der Waals surface area contributed by atoms with E-state index in [-0.39, 0.29) is 48.8 Å². The van der Waals surface area contributed by atoms with Crippen molar-refractivity contribution in [2.45, 2.75) is 193 Å². The smallest absolute Gasteiger partial charge is 0.418 e. The van der Waals surface area contributed by atoms with Crippen LogP contribution < -0.4 is 11.1 Å². The number of fused-ring (bicyclic) bond motifs is 4. The third-order valence-electron chi connectivity index (χ3n) is 14.3. The van der Waals surface area contributed by atoms with E-state index in [1.807, 2.05) is 6.92 Å². The molecule has 6 aliphatic heterocycles. The van der Waals surface area contributed by atoms with Crippen molar-refractivity contribution in [3.8, 4) is 0 Å². The maximum atomic E-state index is 12.7. The van der Waals surface area contributed by atoms with E-state index in [1.54, 1.807) is 25.7 Å². The number of hydroxylamine groups is 4. The number of hydrogen-bond donors (Lipinski definition) is 3. The molecule has 6 fully saturated rings. The molecule has 6 aliphatic rings. The van der Waals surface area contributed by atoms with Gasteiger partial charge in [0.2, 0.25) is 34.0 Å². The van der Waals surface area contributed by atoms with Crippen LogP contribution in [0.5, 0.6) is 0 Å². The molecule has 8 heterocycles. The molecule has 8 rings (SSSR count). The van der Waals surface area contributed by atoms with Gasteiger partial charge in [-0.25, -0.2) is 22.8 Å². The predicted octanol–water partition coefficient (Wildman–Crippen LogP) is 5.83. The fraction of sp³-hybridized carbons (Fsp3) is 0.848. The molecule has 28 heteroatoms. The van der Waals surface area contributed by atoms with Crippen molar-refractivity contribution in [3.63, 3.8) is 0 Å². The zero-order valence-corrected chi connectivity index (χ0v) is 45.9. The van der Waals surface area contributed by atoms with Crippen molar-refractivity contribution in [2.24, 2.45) is 11.7 Å². The number of likely N-dealkylation sites (tertiary alicyclic amines) is 1. The van der Waals surface area contributed by atoms with Gasteiger partial charge in [-0.1, -0.05) is 60.3 Å². The number of quaternary nitrogens is 1. The van der Waals surface area contributed by atoms with Crippen LogP contribution in [0.15, 0.2) is 8.83 Å². The summed E-state index contributed by atoms with van der Waals surface area (Å²) < 4.78 is 90.8. The van der Waals surface area contributed by atoms with Crippen molar-refractivity contribution in [1.82, 2.24) is 50.5 Å².